The lowest BCUT2D eigenvalue weighted by molar-refractivity contribution is 0.281. The van der Waals surface area contributed by atoms with Gasteiger partial charge < -0.3 is 4.74 Å². The van der Waals surface area contributed by atoms with Crippen molar-refractivity contribution in [3.63, 3.8) is 0 Å². The fraction of sp³-hybridized carbons (Fsp3) is 0.417. The van der Waals surface area contributed by atoms with Gasteiger partial charge in [-0.3, -0.25) is 0 Å². The second kappa shape index (κ2) is 4.66. The van der Waals surface area contributed by atoms with Gasteiger partial charge in [-0.15, -0.1) is 0 Å². The molecule has 0 radical (unpaired) electrons. The Labute approximate surface area is 85.2 Å². The summed E-state index contributed by atoms with van der Waals surface area (Å²) in [5, 5.41) is 8.61. The largest absolute Gasteiger partial charge is 0.467 e. The maximum absolute atomic E-state index is 8.61. The molecule has 1 unspecified atom stereocenters. The normalized spacial score (nSPS) is 20.2. The molecule has 74 valence electrons. The molecule has 1 atom stereocenters. The highest BCUT2D eigenvalue weighted by atomic mass is 16.5. The molecule has 14 heavy (non-hydrogen) atoms. The third-order valence-corrected chi connectivity index (χ3v) is 1.94. The topological polar surface area (TPSA) is 33.0 Å². The molecule has 0 aromatic rings. The first kappa shape index (κ1) is 10.6. The minimum Gasteiger partial charge on any atom is -0.467 e. The van der Waals surface area contributed by atoms with E-state index in [4.69, 9.17) is 10.00 Å². The molecule has 0 saturated carbocycles. The second-order valence-electron chi connectivity index (χ2n) is 3.67. The summed E-state index contributed by atoms with van der Waals surface area (Å²) in [5.41, 5.74) is 1.07. The summed E-state index contributed by atoms with van der Waals surface area (Å²) in [6.45, 7) is 7.72. The number of hydrogen-bond acceptors (Lipinski definition) is 2. The molecule has 1 rings (SSSR count). The van der Waals surface area contributed by atoms with Crippen LogP contribution in [0.2, 0.25) is 0 Å². The summed E-state index contributed by atoms with van der Waals surface area (Å²) in [6, 6.07) is 2.16. The average molecular weight is 189 g/mol. The van der Waals surface area contributed by atoms with E-state index < -0.39 is 0 Å². The van der Waals surface area contributed by atoms with E-state index in [9.17, 15) is 0 Å². The zero-order chi connectivity index (χ0) is 10.6. The highest BCUT2D eigenvalue weighted by molar-refractivity contribution is 5.18. The van der Waals surface area contributed by atoms with E-state index in [1.165, 1.54) is 0 Å². The Morgan fingerprint density at radius 2 is 2.36 bits per heavy atom. The van der Waals surface area contributed by atoms with Gasteiger partial charge in [-0.1, -0.05) is 12.2 Å². The van der Waals surface area contributed by atoms with Gasteiger partial charge in [0.25, 0.3) is 0 Å². The summed E-state index contributed by atoms with van der Waals surface area (Å²) in [7, 11) is 0. The van der Waals surface area contributed by atoms with Crippen molar-refractivity contribution in [2.45, 2.75) is 26.7 Å². The van der Waals surface area contributed by atoms with Gasteiger partial charge in [0.05, 0.1) is 11.8 Å². The van der Waals surface area contributed by atoms with E-state index in [1.807, 2.05) is 26.0 Å². The number of rotatable bonds is 3. The molecule has 0 N–H and O–H groups in total. The number of hydrogen-bond donors (Lipinski definition) is 0. The highest BCUT2D eigenvalue weighted by Gasteiger charge is 2.12. The Morgan fingerprint density at radius 1 is 1.64 bits per heavy atom. The fourth-order valence-corrected chi connectivity index (χ4v) is 1.48. The van der Waals surface area contributed by atoms with Crippen LogP contribution in [0, 0.1) is 17.2 Å². The first-order chi connectivity index (χ1) is 6.61. The molecular formula is C12H15NO. The lowest BCUT2D eigenvalue weighted by atomic mass is 10.0. The molecule has 2 nitrogen and oxygen atoms in total. The lowest BCUT2D eigenvalue weighted by Crippen LogP contribution is -2.04. The summed E-state index contributed by atoms with van der Waals surface area (Å²) < 4.78 is 5.53. The molecule has 0 amide bonds. The zero-order valence-corrected chi connectivity index (χ0v) is 8.71. The van der Waals surface area contributed by atoms with Crippen molar-refractivity contribution in [3.05, 3.63) is 35.8 Å². The van der Waals surface area contributed by atoms with Crippen LogP contribution in [-0.2, 0) is 4.74 Å². The first-order valence-corrected chi connectivity index (χ1v) is 4.70. The SMILES string of the molecule is C=C(C)CC1=CC(CC#N)C=C(C)O1. The van der Waals surface area contributed by atoms with Crippen LogP contribution in [0.1, 0.15) is 26.7 Å². The summed E-state index contributed by atoms with van der Waals surface area (Å²) in [5.74, 6) is 1.99. The lowest BCUT2D eigenvalue weighted by Gasteiger charge is -2.18. The van der Waals surface area contributed by atoms with Crippen LogP contribution in [0.3, 0.4) is 0 Å². The molecule has 0 spiro atoms. The average Bonchev–Trinajstić information content (AvgIpc) is 2.01. The van der Waals surface area contributed by atoms with Crippen molar-refractivity contribution in [1.29, 1.82) is 5.26 Å². The predicted octanol–water partition coefficient (Wildman–Crippen LogP) is 3.30. The van der Waals surface area contributed by atoms with Crippen LogP contribution in [0.5, 0.6) is 0 Å². The van der Waals surface area contributed by atoms with Crippen molar-refractivity contribution in [2.24, 2.45) is 5.92 Å². The fourth-order valence-electron chi connectivity index (χ4n) is 1.48. The van der Waals surface area contributed by atoms with Crippen LogP contribution in [-0.4, -0.2) is 0 Å². The minimum atomic E-state index is 0.197. The summed E-state index contributed by atoms with van der Waals surface area (Å²) >= 11 is 0. The standard InChI is InChI=1S/C12H15NO/c1-9(2)6-12-8-11(4-5-13)7-10(3)14-12/h7-8,11H,1,4,6H2,2-3H3. The van der Waals surface area contributed by atoms with Gasteiger partial charge in [0.1, 0.15) is 5.76 Å². The van der Waals surface area contributed by atoms with E-state index in [1.54, 1.807) is 0 Å². The van der Waals surface area contributed by atoms with Gasteiger partial charge in [-0.05, 0) is 26.0 Å². The van der Waals surface area contributed by atoms with Crippen molar-refractivity contribution in [3.8, 4) is 6.07 Å². The van der Waals surface area contributed by atoms with Crippen LogP contribution < -0.4 is 0 Å². The van der Waals surface area contributed by atoms with E-state index in [-0.39, 0.29) is 5.92 Å². The van der Waals surface area contributed by atoms with E-state index in [0.29, 0.717) is 6.42 Å². The Bertz CT molecular complexity index is 327. The van der Waals surface area contributed by atoms with Gasteiger partial charge in [0.15, 0.2) is 0 Å². The number of allylic oxidation sites excluding steroid dienone is 4. The molecule has 0 aromatic carbocycles. The minimum absolute atomic E-state index is 0.197. The smallest absolute Gasteiger partial charge is 0.104 e. The Hall–Kier alpha value is -1.49. The van der Waals surface area contributed by atoms with E-state index >= 15 is 0 Å². The molecule has 0 aliphatic carbocycles. The quantitative estimate of drug-likeness (QED) is 0.638. The number of nitriles is 1. The van der Waals surface area contributed by atoms with Crippen LogP contribution in [0.25, 0.3) is 0 Å². The van der Waals surface area contributed by atoms with Gasteiger partial charge in [0.2, 0.25) is 0 Å². The van der Waals surface area contributed by atoms with E-state index in [0.717, 1.165) is 23.5 Å². The van der Waals surface area contributed by atoms with Gasteiger partial charge in [-0.2, -0.15) is 5.26 Å². The highest BCUT2D eigenvalue weighted by Crippen LogP contribution is 2.24. The zero-order valence-electron chi connectivity index (χ0n) is 8.71. The maximum Gasteiger partial charge on any atom is 0.104 e. The van der Waals surface area contributed by atoms with Crippen molar-refractivity contribution in [1.82, 2.24) is 0 Å². The van der Waals surface area contributed by atoms with E-state index in [2.05, 4.69) is 12.6 Å². The second-order valence-corrected chi connectivity index (χ2v) is 3.67. The van der Waals surface area contributed by atoms with Crippen LogP contribution >= 0.6 is 0 Å². The Morgan fingerprint density at radius 3 is 2.93 bits per heavy atom. The van der Waals surface area contributed by atoms with Crippen molar-refractivity contribution >= 4 is 0 Å². The molecular weight excluding hydrogens is 174 g/mol. The molecule has 0 aromatic heterocycles. The monoisotopic (exact) mass is 189 g/mol. The molecule has 0 fully saturated rings. The molecule has 1 aliphatic heterocycles. The summed E-state index contributed by atoms with van der Waals surface area (Å²) in [4.78, 5) is 0. The Kier molecular flexibility index (Phi) is 3.53. The molecule has 0 bridgehead atoms. The molecule has 0 saturated heterocycles. The van der Waals surface area contributed by atoms with Gasteiger partial charge in [-0.25, -0.2) is 0 Å². The van der Waals surface area contributed by atoms with Crippen molar-refractivity contribution < 1.29 is 4.74 Å². The third kappa shape index (κ3) is 3.10. The first-order valence-electron chi connectivity index (χ1n) is 4.70. The number of nitrogens with zero attached hydrogens (tertiary/aromatic N) is 1. The van der Waals surface area contributed by atoms with Crippen LogP contribution in [0.4, 0.5) is 0 Å². The van der Waals surface area contributed by atoms with Crippen LogP contribution in [0.15, 0.2) is 35.8 Å². The maximum atomic E-state index is 8.61. The Balaban J connectivity index is 2.69. The van der Waals surface area contributed by atoms with Gasteiger partial charge in [0, 0.05) is 18.8 Å². The van der Waals surface area contributed by atoms with Gasteiger partial charge >= 0.3 is 0 Å². The molecule has 2 heteroatoms. The molecule has 1 heterocycles. The third-order valence-electron chi connectivity index (χ3n) is 1.94. The molecule has 1 aliphatic rings. The predicted molar refractivity (Wildman–Crippen MR) is 56.1 cm³/mol. The van der Waals surface area contributed by atoms with Crippen molar-refractivity contribution in [2.75, 3.05) is 0 Å². The number of ether oxygens (including phenoxy) is 1. The summed E-state index contributed by atoms with van der Waals surface area (Å²) in [6.07, 6.45) is 5.25.